The lowest BCUT2D eigenvalue weighted by molar-refractivity contribution is 0.112. The first kappa shape index (κ1) is 9.55. The normalized spacial score (nSPS) is 11.1. The van der Waals surface area contributed by atoms with Gasteiger partial charge >= 0.3 is 0 Å². The van der Waals surface area contributed by atoms with E-state index in [4.69, 9.17) is 0 Å². The maximum Gasteiger partial charge on any atom is 0.150 e. The number of aldehydes is 1. The minimum Gasteiger partial charge on any atom is -0.298 e. The molecule has 0 amide bonds. The molecule has 0 N–H and O–H groups in total. The zero-order chi connectivity index (χ0) is 11.1. The molecule has 0 saturated heterocycles. The van der Waals surface area contributed by atoms with Crippen LogP contribution in [-0.4, -0.2) is 6.29 Å². The fourth-order valence-electron chi connectivity index (χ4n) is 2.12. The highest BCUT2D eigenvalue weighted by molar-refractivity contribution is 7.25. The average molecular weight is 226 g/mol. The second-order valence-corrected chi connectivity index (χ2v) is 5.03. The van der Waals surface area contributed by atoms with E-state index in [0.29, 0.717) is 0 Å². The number of aryl methyl sites for hydroxylation is 1. The van der Waals surface area contributed by atoms with Gasteiger partial charge in [-0.1, -0.05) is 18.2 Å². The van der Waals surface area contributed by atoms with Crippen LogP contribution in [0.3, 0.4) is 0 Å². The molecule has 2 aromatic carbocycles. The van der Waals surface area contributed by atoms with Gasteiger partial charge in [0.1, 0.15) is 0 Å². The summed E-state index contributed by atoms with van der Waals surface area (Å²) >= 11 is 1.75. The molecule has 78 valence electrons. The Morgan fingerprint density at radius 3 is 2.75 bits per heavy atom. The molecule has 0 saturated carbocycles. The maximum absolute atomic E-state index is 11.1. The monoisotopic (exact) mass is 226 g/mol. The van der Waals surface area contributed by atoms with Crippen molar-refractivity contribution in [3.05, 3.63) is 47.5 Å². The Kier molecular flexibility index (Phi) is 2.04. The lowest BCUT2D eigenvalue weighted by atomic mass is 10.0. The molecule has 0 unspecified atom stereocenters. The predicted octanol–water partition coefficient (Wildman–Crippen LogP) is 4.18. The van der Waals surface area contributed by atoms with Gasteiger partial charge in [0.2, 0.25) is 0 Å². The molecule has 0 radical (unpaired) electrons. The van der Waals surface area contributed by atoms with Gasteiger partial charge < -0.3 is 0 Å². The van der Waals surface area contributed by atoms with Gasteiger partial charge in [-0.25, -0.2) is 0 Å². The van der Waals surface area contributed by atoms with Crippen LogP contribution in [0.25, 0.3) is 20.2 Å². The Bertz CT molecular complexity index is 694. The van der Waals surface area contributed by atoms with Crippen molar-refractivity contribution in [1.82, 2.24) is 0 Å². The highest BCUT2D eigenvalue weighted by Crippen LogP contribution is 2.35. The second-order valence-electron chi connectivity index (χ2n) is 3.94. The Labute approximate surface area is 97.3 Å². The smallest absolute Gasteiger partial charge is 0.150 e. The quantitative estimate of drug-likeness (QED) is 0.569. The van der Waals surface area contributed by atoms with E-state index < -0.39 is 0 Å². The summed E-state index contributed by atoms with van der Waals surface area (Å²) < 4.78 is 2.44. The summed E-state index contributed by atoms with van der Waals surface area (Å²) in [4.78, 5) is 11.1. The largest absolute Gasteiger partial charge is 0.298 e. The van der Waals surface area contributed by atoms with Crippen LogP contribution in [0.2, 0.25) is 0 Å². The number of benzene rings is 2. The van der Waals surface area contributed by atoms with Gasteiger partial charge in [0.05, 0.1) is 0 Å². The van der Waals surface area contributed by atoms with E-state index in [0.717, 1.165) is 22.8 Å². The maximum atomic E-state index is 11.1. The molecule has 3 rings (SSSR count). The zero-order valence-electron chi connectivity index (χ0n) is 8.86. The van der Waals surface area contributed by atoms with Crippen molar-refractivity contribution < 1.29 is 4.79 Å². The Hall–Kier alpha value is -1.67. The molecular formula is C14H10OS. The molecule has 0 aliphatic rings. The van der Waals surface area contributed by atoms with Gasteiger partial charge in [0, 0.05) is 25.7 Å². The van der Waals surface area contributed by atoms with E-state index >= 15 is 0 Å². The lowest BCUT2D eigenvalue weighted by Crippen LogP contribution is -1.82. The van der Waals surface area contributed by atoms with Crippen LogP contribution in [0.5, 0.6) is 0 Å². The minimum atomic E-state index is 0.799. The summed E-state index contributed by atoms with van der Waals surface area (Å²) in [6, 6.07) is 12.3. The Balaban J connectivity index is 2.60. The average Bonchev–Trinajstić information content (AvgIpc) is 2.65. The van der Waals surface area contributed by atoms with Crippen LogP contribution in [-0.2, 0) is 0 Å². The summed E-state index contributed by atoms with van der Waals surface area (Å²) in [5.74, 6) is 0. The number of carbonyl (C=O) groups excluding carboxylic acids is 1. The molecule has 16 heavy (non-hydrogen) atoms. The molecule has 1 nitrogen and oxygen atoms in total. The molecule has 0 bridgehead atoms. The molecule has 0 fully saturated rings. The fourth-order valence-corrected chi connectivity index (χ4v) is 3.36. The molecule has 0 aliphatic heterocycles. The molecular weight excluding hydrogens is 216 g/mol. The van der Waals surface area contributed by atoms with E-state index in [1.165, 1.54) is 14.8 Å². The summed E-state index contributed by atoms with van der Waals surface area (Å²) in [7, 11) is 0. The number of rotatable bonds is 1. The first-order chi connectivity index (χ1) is 7.79. The topological polar surface area (TPSA) is 17.1 Å². The van der Waals surface area contributed by atoms with E-state index in [2.05, 4.69) is 18.2 Å². The molecule has 0 atom stereocenters. The van der Waals surface area contributed by atoms with Crippen molar-refractivity contribution in [3.8, 4) is 0 Å². The van der Waals surface area contributed by atoms with Gasteiger partial charge in [-0.2, -0.15) is 0 Å². The highest BCUT2D eigenvalue weighted by Gasteiger charge is 2.08. The van der Waals surface area contributed by atoms with Gasteiger partial charge in [-0.05, 0) is 30.7 Å². The van der Waals surface area contributed by atoms with Crippen LogP contribution in [0, 0.1) is 6.92 Å². The van der Waals surface area contributed by atoms with Gasteiger partial charge in [-0.3, -0.25) is 4.79 Å². The van der Waals surface area contributed by atoms with Crippen molar-refractivity contribution in [2.75, 3.05) is 0 Å². The van der Waals surface area contributed by atoms with Crippen molar-refractivity contribution in [2.45, 2.75) is 6.92 Å². The highest BCUT2D eigenvalue weighted by atomic mass is 32.1. The molecule has 1 aromatic heterocycles. The Morgan fingerprint density at radius 2 is 1.94 bits per heavy atom. The molecule has 0 aliphatic carbocycles. The number of thiophene rings is 1. The van der Waals surface area contributed by atoms with E-state index in [1.54, 1.807) is 11.3 Å². The van der Waals surface area contributed by atoms with Crippen LogP contribution < -0.4 is 0 Å². The van der Waals surface area contributed by atoms with E-state index in [-0.39, 0.29) is 0 Å². The third-order valence-electron chi connectivity index (χ3n) is 2.78. The van der Waals surface area contributed by atoms with Gasteiger partial charge in [0.25, 0.3) is 0 Å². The van der Waals surface area contributed by atoms with Crippen molar-refractivity contribution in [2.24, 2.45) is 0 Å². The summed E-state index contributed by atoms with van der Waals surface area (Å²) in [6.07, 6.45) is 0.953. The predicted molar refractivity (Wildman–Crippen MR) is 69.5 cm³/mol. The number of fused-ring (bicyclic) bond motifs is 3. The summed E-state index contributed by atoms with van der Waals surface area (Å²) in [6.45, 7) is 2.02. The van der Waals surface area contributed by atoms with Crippen LogP contribution in [0.4, 0.5) is 0 Å². The van der Waals surface area contributed by atoms with Crippen LogP contribution in [0.15, 0.2) is 36.4 Å². The Morgan fingerprint density at radius 1 is 1.12 bits per heavy atom. The fraction of sp³-hybridized carbons (Fsp3) is 0.0714. The summed E-state index contributed by atoms with van der Waals surface area (Å²) in [5.41, 5.74) is 1.94. The van der Waals surface area contributed by atoms with Gasteiger partial charge in [0.15, 0.2) is 6.29 Å². The second kappa shape index (κ2) is 3.42. The number of hydrogen-bond donors (Lipinski definition) is 0. The third-order valence-corrected chi connectivity index (χ3v) is 3.90. The molecule has 1 heterocycles. The van der Waals surface area contributed by atoms with E-state index in [9.17, 15) is 4.79 Å². The SMILES string of the molecule is Cc1cc(C=O)c2c(c1)sc1ccccc12. The third kappa shape index (κ3) is 1.27. The van der Waals surface area contributed by atoms with Crippen molar-refractivity contribution in [3.63, 3.8) is 0 Å². The van der Waals surface area contributed by atoms with Crippen molar-refractivity contribution >= 4 is 37.8 Å². The van der Waals surface area contributed by atoms with Crippen molar-refractivity contribution in [1.29, 1.82) is 0 Å². The minimum absolute atomic E-state index is 0.799. The van der Waals surface area contributed by atoms with E-state index in [1.807, 2.05) is 25.1 Å². The number of hydrogen-bond acceptors (Lipinski definition) is 2. The standard InChI is InChI=1S/C14H10OS/c1-9-6-10(8-15)14-11-4-2-3-5-12(11)16-13(14)7-9/h2-8H,1H3. The lowest BCUT2D eigenvalue weighted by Gasteiger charge is -1.98. The van der Waals surface area contributed by atoms with Crippen LogP contribution in [0.1, 0.15) is 15.9 Å². The zero-order valence-corrected chi connectivity index (χ0v) is 9.67. The number of carbonyl (C=O) groups is 1. The van der Waals surface area contributed by atoms with Gasteiger partial charge in [-0.15, -0.1) is 11.3 Å². The first-order valence-electron chi connectivity index (χ1n) is 5.16. The summed E-state index contributed by atoms with van der Waals surface area (Å²) in [5, 5.41) is 2.28. The molecule has 2 heteroatoms. The molecule has 3 aromatic rings. The molecule has 0 spiro atoms. The van der Waals surface area contributed by atoms with Crippen LogP contribution >= 0.6 is 11.3 Å². The first-order valence-corrected chi connectivity index (χ1v) is 5.98.